The van der Waals surface area contributed by atoms with Crippen LogP contribution < -0.4 is 5.73 Å². The zero-order valence-electron chi connectivity index (χ0n) is 5.74. The molecule has 0 aromatic heterocycles. The summed E-state index contributed by atoms with van der Waals surface area (Å²) in [6, 6.07) is -0.0348. The summed E-state index contributed by atoms with van der Waals surface area (Å²) in [5.41, 5.74) is 5.47. The van der Waals surface area contributed by atoms with Gasteiger partial charge in [-0.2, -0.15) is 12.6 Å². The Morgan fingerprint density at radius 3 is 2.90 bits per heavy atom. The molecule has 0 radical (unpaired) electrons. The Hall–Kier alpha value is 0.130. The minimum Gasteiger partial charge on any atom is -0.461 e. The third-order valence-electron chi connectivity index (χ3n) is 0.816. The maximum Gasteiger partial charge on any atom is 0.367 e. The van der Waals surface area contributed by atoms with E-state index in [4.69, 9.17) is 5.73 Å². The number of nitrogens with two attached hydrogens (primary N) is 1. The highest BCUT2D eigenvalue weighted by molar-refractivity contribution is 8.13. The first-order valence-corrected chi connectivity index (χ1v) is 4.39. The van der Waals surface area contributed by atoms with Gasteiger partial charge >= 0.3 is 5.30 Å². The smallest absolute Gasteiger partial charge is 0.367 e. The number of methoxy groups -OCH3 is 1. The van der Waals surface area contributed by atoms with Crippen molar-refractivity contribution in [2.45, 2.75) is 6.04 Å². The zero-order valence-corrected chi connectivity index (χ0v) is 7.45. The van der Waals surface area contributed by atoms with E-state index in [1.807, 2.05) is 0 Å². The highest BCUT2D eigenvalue weighted by atomic mass is 32.2. The Labute approximate surface area is 70.1 Å². The van der Waals surface area contributed by atoms with Crippen LogP contribution >= 0.6 is 24.4 Å². The van der Waals surface area contributed by atoms with Crippen LogP contribution in [0.15, 0.2) is 0 Å². The standard InChI is InChI=1S/C5H11NO2S2/c1-8-5(7)10-3-4(6)2-9/h4,9H,2-3,6H2,1H3. The van der Waals surface area contributed by atoms with Crippen molar-refractivity contribution in [2.24, 2.45) is 5.73 Å². The van der Waals surface area contributed by atoms with Crippen molar-refractivity contribution in [3.8, 4) is 0 Å². The third-order valence-corrected chi connectivity index (χ3v) is 2.28. The predicted octanol–water partition coefficient (Wildman–Crippen LogP) is 0.743. The second-order valence-electron chi connectivity index (χ2n) is 1.71. The summed E-state index contributed by atoms with van der Waals surface area (Å²) < 4.78 is 4.39. The van der Waals surface area contributed by atoms with Crippen LogP contribution in [0.5, 0.6) is 0 Å². The molecule has 3 nitrogen and oxygen atoms in total. The van der Waals surface area contributed by atoms with E-state index in [9.17, 15) is 4.79 Å². The molecule has 0 aliphatic carbocycles. The first-order chi connectivity index (χ1) is 4.70. The number of hydrogen-bond donors (Lipinski definition) is 2. The van der Waals surface area contributed by atoms with Gasteiger partial charge in [-0.15, -0.1) is 0 Å². The summed E-state index contributed by atoms with van der Waals surface area (Å²) in [5.74, 6) is 1.15. The highest BCUT2D eigenvalue weighted by Gasteiger charge is 2.04. The molecule has 0 amide bonds. The van der Waals surface area contributed by atoms with Gasteiger partial charge in [-0.25, -0.2) is 4.79 Å². The number of thiol groups is 1. The van der Waals surface area contributed by atoms with Gasteiger partial charge in [-0.3, -0.25) is 0 Å². The van der Waals surface area contributed by atoms with Gasteiger partial charge in [0.05, 0.1) is 7.11 Å². The summed E-state index contributed by atoms with van der Waals surface area (Å²) in [5, 5.41) is -0.294. The summed E-state index contributed by atoms with van der Waals surface area (Å²) in [4.78, 5) is 10.5. The van der Waals surface area contributed by atoms with Crippen molar-refractivity contribution >= 4 is 29.7 Å². The lowest BCUT2D eigenvalue weighted by atomic mass is 10.4. The van der Waals surface area contributed by atoms with Gasteiger partial charge in [0.1, 0.15) is 0 Å². The van der Waals surface area contributed by atoms with E-state index >= 15 is 0 Å². The normalized spacial score (nSPS) is 12.7. The molecule has 0 saturated heterocycles. The van der Waals surface area contributed by atoms with Crippen LogP contribution in [0, 0.1) is 0 Å². The Bertz CT molecular complexity index is 110. The highest BCUT2D eigenvalue weighted by Crippen LogP contribution is 2.05. The van der Waals surface area contributed by atoms with E-state index in [-0.39, 0.29) is 11.3 Å². The SMILES string of the molecule is COC(=O)SCC(N)CS. The quantitative estimate of drug-likeness (QED) is 0.498. The largest absolute Gasteiger partial charge is 0.461 e. The summed E-state index contributed by atoms with van der Waals surface area (Å²) in [6.07, 6.45) is 0. The van der Waals surface area contributed by atoms with Crippen molar-refractivity contribution in [3.05, 3.63) is 0 Å². The molecule has 0 aliphatic heterocycles. The average Bonchev–Trinajstić information content (AvgIpc) is 1.99. The fourth-order valence-electron chi connectivity index (χ4n) is 0.287. The first-order valence-electron chi connectivity index (χ1n) is 2.78. The van der Waals surface area contributed by atoms with Gasteiger partial charge in [0.25, 0.3) is 0 Å². The van der Waals surface area contributed by atoms with E-state index in [1.54, 1.807) is 0 Å². The average molecular weight is 181 g/mol. The molecule has 0 fully saturated rings. The molecule has 1 unspecified atom stereocenters. The molecule has 0 bridgehead atoms. The molecule has 0 aliphatic rings. The lowest BCUT2D eigenvalue weighted by Gasteiger charge is -2.04. The molecule has 60 valence electrons. The van der Waals surface area contributed by atoms with Crippen LogP contribution in [0.1, 0.15) is 0 Å². The van der Waals surface area contributed by atoms with Gasteiger partial charge in [-0.1, -0.05) is 0 Å². The van der Waals surface area contributed by atoms with Crippen molar-refractivity contribution in [3.63, 3.8) is 0 Å². The van der Waals surface area contributed by atoms with Crippen LogP contribution in [-0.2, 0) is 4.74 Å². The molecule has 5 heteroatoms. The predicted molar refractivity (Wildman–Crippen MR) is 46.7 cm³/mol. The molecule has 0 spiro atoms. The van der Waals surface area contributed by atoms with E-state index < -0.39 is 0 Å². The number of carbonyl (C=O) groups is 1. The second-order valence-corrected chi connectivity index (χ2v) is 3.03. The molecule has 0 aromatic rings. The number of thioether (sulfide) groups is 1. The molecular formula is C5H11NO2S2. The minimum atomic E-state index is -0.294. The van der Waals surface area contributed by atoms with Gasteiger partial charge in [0, 0.05) is 17.5 Å². The Kier molecular flexibility index (Phi) is 5.96. The van der Waals surface area contributed by atoms with Crippen molar-refractivity contribution in [2.75, 3.05) is 18.6 Å². The van der Waals surface area contributed by atoms with E-state index in [1.165, 1.54) is 7.11 Å². The maximum absolute atomic E-state index is 10.5. The second kappa shape index (κ2) is 5.88. The molecular weight excluding hydrogens is 170 g/mol. The van der Waals surface area contributed by atoms with Gasteiger partial charge in [0.15, 0.2) is 0 Å². The van der Waals surface area contributed by atoms with E-state index in [2.05, 4.69) is 17.4 Å². The molecule has 10 heavy (non-hydrogen) atoms. The number of carbonyl (C=O) groups excluding carboxylic acids is 1. The minimum absolute atomic E-state index is 0.0348. The zero-order chi connectivity index (χ0) is 7.98. The summed E-state index contributed by atoms with van der Waals surface area (Å²) in [6.45, 7) is 0. The van der Waals surface area contributed by atoms with Crippen LogP contribution in [-0.4, -0.2) is 30.0 Å². The molecule has 0 rings (SSSR count). The van der Waals surface area contributed by atoms with Crippen LogP contribution in [0.2, 0.25) is 0 Å². The van der Waals surface area contributed by atoms with Crippen LogP contribution in [0.3, 0.4) is 0 Å². The topological polar surface area (TPSA) is 52.3 Å². The molecule has 0 heterocycles. The number of ether oxygens (including phenoxy) is 1. The molecule has 0 saturated carbocycles. The van der Waals surface area contributed by atoms with Crippen molar-refractivity contribution in [1.82, 2.24) is 0 Å². The van der Waals surface area contributed by atoms with Gasteiger partial charge in [0.2, 0.25) is 0 Å². The lowest BCUT2D eigenvalue weighted by Crippen LogP contribution is -2.25. The number of hydrogen-bond acceptors (Lipinski definition) is 5. The molecule has 0 aromatic carbocycles. The Morgan fingerprint density at radius 2 is 2.50 bits per heavy atom. The van der Waals surface area contributed by atoms with Gasteiger partial charge < -0.3 is 10.5 Å². The fourth-order valence-corrected chi connectivity index (χ4v) is 1.18. The Balaban J connectivity index is 3.26. The third kappa shape index (κ3) is 4.96. The van der Waals surface area contributed by atoms with E-state index in [0.29, 0.717) is 11.5 Å². The lowest BCUT2D eigenvalue weighted by molar-refractivity contribution is 0.200. The first kappa shape index (κ1) is 10.1. The van der Waals surface area contributed by atoms with E-state index in [0.717, 1.165) is 11.8 Å². The summed E-state index contributed by atoms with van der Waals surface area (Å²) in [7, 11) is 1.35. The molecule has 1 atom stereocenters. The monoisotopic (exact) mass is 181 g/mol. The fraction of sp³-hybridized carbons (Fsp3) is 0.800. The van der Waals surface area contributed by atoms with Crippen LogP contribution in [0.25, 0.3) is 0 Å². The van der Waals surface area contributed by atoms with Crippen molar-refractivity contribution < 1.29 is 9.53 Å². The number of rotatable bonds is 3. The van der Waals surface area contributed by atoms with Crippen molar-refractivity contribution in [1.29, 1.82) is 0 Å². The Morgan fingerprint density at radius 1 is 1.90 bits per heavy atom. The molecule has 2 N–H and O–H groups in total. The maximum atomic E-state index is 10.5. The van der Waals surface area contributed by atoms with Gasteiger partial charge in [-0.05, 0) is 11.8 Å². The summed E-state index contributed by atoms with van der Waals surface area (Å²) >= 11 is 5.03. The van der Waals surface area contributed by atoms with Crippen LogP contribution in [0.4, 0.5) is 4.79 Å².